The Morgan fingerprint density at radius 2 is 1.92 bits per heavy atom. The third kappa shape index (κ3) is 3.76. The third-order valence-electron chi connectivity index (χ3n) is 4.85. The van der Waals surface area contributed by atoms with Crippen LogP contribution in [-0.4, -0.2) is 30.8 Å². The average Bonchev–Trinajstić information content (AvgIpc) is 3.00. The minimum absolute atomic E-state index is 0.0361. The number of nitrogens with one attached hydrogen (secondary N) is 1. The summed E-state index contributed by atoms with van der Waals surface area (Å²) in [6, 6.07) is 7.96. The summed E-state index contributed by atoms with van der Waals surface area (Å²) >= 11 is 1.57. The zero-order valence-electron chi connectivity index (χ0n) is 15.2. The molecule has 0 aliphatic heterocycles. The first kappa shape index (κ1) is 17.7. The second-order valence-corrected chi connectivity index (χ2v) is 8.12. The molecule has 2 aromatic rings. The Hall–Kier alpha value is -2.14. The Morgan fingerprint density at radius 1 is 1.16 bits per heavy atom. The van der Waals surface area contributed by atoms with Crippen LogP contribution < -0.4 is 5.32 Å². The zero-order valence-corrected chi connectivity index (χ0v) is 16.0. The van der Waals surface area contributed by atoms with E-state index in [0.717, 1.165) is 29.0 Å². The van der Waals surface area contributed by atoms with Gasteiger partial charge in [0.1, 0.15) is 0 Å². The van der Waals surface area contributed by atoms with E-state index in [1.807, 2.05) is 31.2 Å². The van der Waals surface area contributed by atoms with E-state index in [0.29, 0.717) is 6.42 Å². The van der Waals surface area contributed by atoms with Crippen LogP contribution in [-0.2, 0) is 17.6 Å². The van der Waals surface area contributed by atoms with Gasteiger partial charge in [-0.15, -0.1) is 11.3 Å². The first-order valence-electron chi connectivity index (χ1n) is 8.56. The van der Waals surface area contributed by atoms with Crippen molar-refractivity contribution in [2.24, 2.45) is 5.92 Å². The second kappa shape index (κ2) is 7.00. The largest absolute Gasteiger partial charge is 0.344 e. The molecule has 0 bridgehead atoms. The van der Waals surface area contributed by atoms with Crippen LogP contribution in [0.2, 0.25) is 0 Å². The summed E-state index contributed by atoms with van der Waals surface area (Å²) in [5.41, 5.74) is 4.40. The first-order valence-corrected chi connectivity index (χ1v) is 9.38. The average molecular weight is 356 g/mol. The zero-order chi connectivity index (χ0) is 18.1. The monoisotopic (exact) mass is 356 g/mol. The van der Waals surface area contributed by atoms with Crippen molar-refractivity contribution in [2.45, 2.75) is 33.1 Å². The van der Waals surface area contributed by atoms with Crippen LogP contribution in [0.5, 0.6) is 0 Å². The van der Waals surface area contributed by atoms with Crippen LogP contribution in [0.3, 0.4) is 0 Å². The predicted molar refractivity (Wildman–Crippen MR) is 102 cm³/mol. The summed E-state index contributed by atoms with van der Waals surface area (Å²) in [6.45, 7) is 4.11. The summed E-state index contributed by atoms with van der Waals surface area (Å²) in [5.74, 6) is 0.0714. The molecule has 0 saturated carbocycles. The van der Waals surface area contributed by atoms with Crippen molar-refractivity contribution in [2.75, 3.05) is 19.4 Å². The number of rotatable bonds is 3. The van der Waals surface area contributed by atoms with Gasteiger partial charge in [-0.05, 0) is 68.0 Å². The van der Waals surface area contributed by atoms with E-state index < -0.39 is 0 Å². The molecule has 25 heavy (non-hydrogen) atoms. The highest BCUT2D eigenvalue weighted by Crippen LogP contribution is 2.33. The Bertz CT molecular complexity index is 823. The van der Waals surface area contributed by atoms with Crippen LogP contribution in [0.25, 0.3) is 0 Å². The Kier molecular flexibility index (Phi) is 4.95. The Balaban J connectivity index is 1.70. The number of fused-ring (bicyclic) bond motifs is 1. The molecule has 5 heteroatoms. The maximum atomic E-state index is 12.6. The fourth-order valence-electron chi connectivity index (χ4n) is 3.14. The quantitative estimate of drug-likeness (QED) is 0.909. The molecule has 2 amide bonds. The van der Waals surface area contributed by atoms with E-state index in [1.54, 1.807) is 30.3 Å². The van der Waals surface area contributed by atoms with Crippen molar-refractivity contribution in [3.05, 3.63) is 50.7 Å². The highest BCUT2D eigenvalue weighted by Gasteiger charge is 2.27. The van der Waals surface area contributed by atoms with Crippen molar-refractivity contribution in [1.29, 1.82) is 0 Å². The maximum Gasteiger partial charge on any atom is 0.263 e. The molecule has 3 rings (SSSR count). The van der Waals surface area contributed by atoms with Gasteiger partial charge in [0.25, 0.3) is 5.91 Å². The molecule has 1 aliphatic rings. The van der Waals surface area contributed by atoms with Gasteiger partial charge in [-0.25, -0.2) is 0 Å². The number of amides is 2. The molecule has 0 radical (unpaired) electrons. The number of aryl methyl sites for hydroxylation is 3. The van der Waals surface area contributed by atoms with Crippen LogP contribution in [0.15, 0.2) is 24.3 Å². The molecule has 1 atom stereocenters. The summed E-state index contributed by atoms with van der Waals surface area (Å²) in [7, 11) is 3.53. The van der Waals surface area contributed by atoms with E-state index >= 15 is 0 Å². The van der Waals surface area contributed by atoms with Crippen LogP contribution >= 0.6 is 11.3 Å². The van der Waals surface area contributed by atoms with Crippen molar-refractivity contribution in [3.63, 3.8) is 0 Å². The summed E-state index contributed by atoms with van der Waals surface area (Å²) < 4.78 is 0. The molecular weight excluding hydrogens is 332 g/mol. The summed E-state index contributed by atoms with van der Waals surface area (Å²) in [5, 5.41) is 3.05. The van der Waals surface area contributed by atoms with Crippen LogP contribution in [0, 0.1) is 19.8 Å². The van der Waals surface area contributed by atoms with Crippen molar-refractivity contribution >= 4 is 28.8 Å². The van der Waals surface area contributed by atoms with Crippen molar-refractivity contribution in [1.82, 2.24) is 4.90 Å². The van der Waals surface area contributed by atoms with Crippen molar-refractivity contribution in [3.8, 4) is 0 Å². The van der Waals surface area contributed by atoms with Gasteiger partial charge in [-0.2, -0.15) is 0 Å². The number of hydrogen-bond donors (Lipinski definition) is 1. The fourth-order valence-corrected chi connectivity index (χ4v) is 4.37. The second-order valence-electron chi connectivity index (χ2n) is 6.99. The van der Waals surface area contributed by atoms with E-state index in [9.17, 15) is 9.59 Å². The molecule has 0 unspecified atom stereocenters. The Morgan fingerprint density at radius 3 is 2.60 bits per heavy atom. The topological polar surface area (TPSA) is 49.4 Å². The lowest BCUT2D eigenvalue weighted by Gasteiger charge is -2.21. The number of carbonyl (C=O) groups is 2. The van der Waals surface area contributed by atoms with Crippen LogP contribution in [0.4, 0.5) is 5.69 Å². The van der Waals surface area contributed by atoms with E-state index in [4.69, 9.17) is 0 Å². The minimum atomic E-state index is -0.0361. The lowest BCUT2D eigenvalue weighted by molar-refractivity contribution is -0.120. The van der Waals surface area contributed by atoms with Gasteiger partial charge >= 0.3 is 0 Å². The SMILES string of the molecule is Cc1ccc(NC(=O)[C@@H]2CCc3sc(C(=O)N(C)C)cc3C2)cc1C. The smallest absolute Gasteiger partial charge is 0.263 e. The van der Waals surface area contributed by atoms with E-state index in [2.05, 4.69) is 12.2 Å². The lowest BCUT2D eigenvalue weighted by atomic mass is 9.87. The molecule has 1 aliphatic carbocycles. The molecule has 4 nitrogen and oxygen atoms in total. The van der Waals surface area contributed by atoms with Gasteiger partial charge in [0.15, 0.2) is 0 Å². The normalized spacial score (nSPS) is 16.2. The van der Waals surface area contributed by atoms with E-state index in [-0.39, 0.29) is 17.7 Å². The van der Waals surface area contributed by atoms with Crippen LogP contribution in [0.1, 0.15) is 37.7 Å². The number of carbonyl (C=O) groups excluding carboxylic acids is 2. The lowest BCUT2D eigenvalue weighted by Crippen LogP contribution is -2.27. The number of thiophene rings is 1. The molecule has 0 fully saturated rings. The molecule has 1 aromatic carbocycles. The molecule has 0 spiro atoms. The fraction of sp³-hybridized carbons (Fsp3) is 0.400. The van der Waals surface area contributed by atoms with E-state index in [1.165, 1.54) is 16.0 Å². The number of benzene rings is 1. The highest BCUT2D eigenvalue weighted by atomic mass is 32.1. The third-order valence-corrected chi connectivity index (χ3v) is 6.07. The summed E-state index contributed by atoms with van der Waals surface area (Å²) in [4.78, 5) is 28.4. The molecule has 132 valence electrons. The van der Waals surface area contributed by atoms with Gasteiger partial charge in [-0.3, -0.25) is 9.59 Å². The standard InChI is InChI=1S/C20H24N2O2S/c1-12-5-7-16(9-13(12)2)21-19(23)14-6-8-17-15(10-14)11-18(25-17)20(24)22(3)4/h5,7,9,11,14H,6,8,10H2,1-4H3,(H,21,23)/t14-/m1/s1. The Labute approximate surface area is 152 Å². The highest BCUT2D eigenvalue weighted by molar-refractivity contribution is 7.14. The molecule has 1 heterocycles. The summed E-state index contributed by atoms with van der Waals surface area (Å²) in [6.07, 6.45) is 2.41. The molecule has 1 N–H and O–H groups in total. The number of anilines is 1. The van der Waals surface area contributed by atoms with Crippen molar-refractivity contribution < 1.29 is 9.59 Å². The molecule has 1 aromatic heterocycles. The number of nitrogens with zero attached hydrogens (tertiary/aromatic N) is 1. The van der Waals surface area contributed by atoms with Gasteiger partial charge in [0, 0.05) is 30.6 Å². The molecular formula is C20H24N2O2S. The van der Waals surface area contributed by atoms with Gasteiger partial charge < -0.3 is 10.2 Å². The predicted octanol–water partition coefficient (Wildman–Crippen LogP) is 3.81. The van der Waals surface area contributed by atoms with Gasteiger partial charge in [0.2, 0.25) is 5.91 Å². The van der Waals surface area contributed by atoms with Gasteiger partial charge in [0.05, 0.1) is 4.88 Å². The van der Waals surface area contributed by atoms with Gasteiger partial charge in [-0.1, -0.05) is 6.07 Å². The number of hydrogen-bond acceptors (Lipinski definition) is 3. The first-order chi connectivity index (χ1) is 11.8. The maximum absolute atomic E-state index is 12.6. The minimum Gasteiger partial charge on any atom is -0.344 e. The molecule has 0 saturated heterocycles.